The molecule has 0 saturated carbocycles. The first-order valence-electron chi connectivity index (χ1n) is 7.90. The van der Waals surface area contributed by atoms with Crippen LogP contribution in [0.4, 0.5) is 5.82 Å². The summed E-state index contributed by atoms with van der Waals surface area (Å²) in [6.45, 7) is 0. The van der Waals surface area contributed by atoms with E-state index < -0.39 is 0 Å². The molecule has 2 heterocycles. The number of aromatic nitrogens is 4. The SMILES string of the molecule is O=C(Nc1ccn[nH]1)c1nn(-c2cccc(Br)c2)c2c1CCCC2. The summed E-state index contributed by atoms with van der Waals surface area (Å²) in [5.74, 6) is 0.368. The number of anilines is 1. The number of nitrogens with zero attached hydrogens (tertiary/aromatic N) is 3. The standard InChI is InChI=1S/C17H16BrN5O/c18-11-4-3-5-12(10-11)23-14-7-2-1-6-13(14)16(22-23)17(24)20-15-8-9-19-21-15/h3-5,8-10H,1-2,6-7H2,(H2,19,20,21,24). The molecule has 1 aromatic carbocycles. The van der Waals surface area contributed by atoms with Crippen LogP contribution in [0.15, 0.2) is 41.0 Å². The fraction of sp³-hybridized carbons (Fsp3) is 0.235. The molecule has 0 saturated heterocycles. The quantitative estimate of drug-likeness (QED) is 0.724. The largest absolute Gasteiger partial charge is 0.306 e. The maximum absolute atomic E-state index is 12.7. The predicted molar refractivity (Wildman–Crippen MR) is 94.4 cm³/mol. The number of benzene rings is 1. The first-order valence-corrected chi connectivity index (χ1v) is 8.69. The molecule has 7 heteroatoms. The van der Waals surface area contributed by atoms with Crippen LogP contribution in [0.5, 0.6) is 0 Å². The summed E-state index contributed by atoms with van der Waals surface area (Å²) >= 11 is 3.50. The molecule has 0 fully saturated rings. The summed E-state index contributed by atoms with van der Waals surface area (Å²) in [6, 6.07) is 9.68. The minimum atomic E-state index is -0.203. The van der Waals surface area contributed by atoms with Gasteiger partial charge in [0.1, 0.15) is 5.82 Å². The van der Waals surface area contributed by atoms with E-state index in [1.807, 2.05) is 28.9 Å². The van der Waals surface area contributed by atoms with Crippen LogP contribution in [0, 0.1) is 0 Å². The molecule has 0 unspecified atom stereocenters. The lowest BCUT2D eigenvalue weighted by Gasteiger charge is -2.14. The number of fused-ring (bicyclic) bond motifs is 1. The molecule has 0 aliphatic heterocycles. The van der Waals surface area contributed by atoms with Gasteiger partial charge in [-0.2, -0.15) is 10.2 Å². The number of aromatic amines is 1. The Labute approximate surface area is 147 Å². The Morgan fingerprint density at radius 1 is 1.25 bits per heavy atom. The van der Waals surface area contributed by atoms with Crippen LogP contribution in [0.1, 0.15) is 34.6 Å². The molecule has 1 aliphatic carbocycles. The number of halogens is 1. The second kappa shape index (κ2) is 6.24. The van der Waals surface area contributed by atoms with Gasteiger partial charge < -0.3 is 5.32 Å². The summed E-state index contributed by atoms with van der Waals surface area (Å²) in [6.07, 6.45) is 5.63. The Morgan fingerprint density at radius 2 is 2.12 bits per heavy atom. The minimum absolute atomic E-state index is 0.203. The van der Waals surface area contributed by atoms with Crippen LogP contribution < -0.4 is 5.32 Å². The molecule has 1 amide bonds. The van der Waals surface area contributed by atoms with Crippen molar-refractivity contribution in [2.75, 3.05) is 5.32 Å². The van der Waals surface area contributed by atoms with Crippen LogP contribution in [-0.2, 0) is 12.8 Å². The number of amides is 1. The van der Waals surface area contributed by atoms with Gasteiger partial charge in [-0.15, -0.1) is 0 Å². The summed E-state index contributed by atoms with van der Waals surface area (Å²) < 4.78 is 2.89. The molecule has 0 bridgehead atoms. The Balaban J connectivity index is 1.76. The van der Waals surface area contributed by atoms with Gasteiger partial charge in [0, 0.05) is 21.8 Å². The van der Waals surface area contributed by atoms with Gasteiger partial charge in [-0.1, -0.05) is 22.0 Å². The lowest BCUT2D eigenvalue weighted by Crippen LogP contribution is -2.15. The van der Waals surface area contributed by atoms with Crippen LogP contribution in [0.2, 0.25) is 0 Å². The monoisotopic (exact) mass is 385 g/mol. The van der Waals surface area contributed by atoms with Gasteiger partial charge in [-0.3, -0.25) is 9.89 Å². The number of nitrogens with one attached hydrogen (secondary N) is 2. The Morgan fingerprint density at radius 3 is 2.92 bits per heavy atom. The second-order valence-corrected chi connectivity index (χ2v) is 6.71. The maximum atomic E-state index is 12.7. The zero-order chi connectivity index (χ0) is 16.5. The van der Waals surface area contributed by atoms with Crippen molar-refractivity contribution in [2.24, 2.45) is 0 Å². The number of carbonyl (C=O) groups excluding carboxylic acids is 1. The first-order chi connectivity index (χ1) is 11.7. The molecule has 2 N–H and O–H groups in total. The zero-order valence-corrected chi connectivity index (χ0v) is 14.5. The highest BCUT2D eigenvalue weighted by Crippen LogP contribution is 2.28. The van der Waals surface area contributed by atoms with Crippen molar-refractivity contribution in [3.63, 3.8) is 0 Å². The molecule has 0 spiro atoms. The summed E-state index contributed by atoms with van der Waals surface area (Å²) in [5, 5.41) is 14.0. The van der Waals surface area contributed by atoms with Gasteiger partial charge in [0.15, 0.2) is 5.69 Å². The Kier molecular flexibility index (Phi) is 3.93. The third-order valence-electron chi connectivity index (χ3n) is 4.20. The van der Waals surface area contributed by atoms with Crippen molar-refractivity contribution in [3.8, 4) is 5.69 Å². The van der Waals surface area contributed by atoms with E-state index in [9.17, 15) is 4.79 Å². The third-order valence-corrected chi connectivity index (χ3v) is 4.69. The van der Waals surface area contributed by atoms with E-state index in [0.717, 1.165) is 47.1 Å². The van der Waals surface area contributed by atoms with Crippen molar-refractivity contribution in [3.05, 3.63) is 58.0 Å². The van der Waals surface area contributed by atoms with E-state index in [4.69, 9.17) is 0 Å². The topological polar surface area (TPSA) is 75.6 Å². The van der Waals surface area contributed by atoms with Gasteiger partial charge in [-0.05, 0) is 43.9 Å². The van der Waals surface area contributed by atoms with Crippen molar-refractivity contribution in [1.82, 2.24) is 20.0 Å². The number of hydrogen-bond donors (Lipinski definition) is 2. The number of rotatable bonds is 3. The lowest BCUT2D eigenvalue weighted by molar-refractivity contribution is 0.102. The van der Waals surface area contributed by atoms with Gasteiger partial charge in [0.05, 0.1) is 11.9 Å². The molecular formula is C17H16BrN5O. The summed E-state index contributed by atoms with van der Waals surface area (Å²) in [4.78, 5) is 12.7. The Bertz CT molecular complexity index is 885. The molecular weight excluding hydrogens is 370 g/mol. The average Bonchev–Trinajstić information content (AvgIpc) is 3.22. The maximum Gasteiger partial charge on any atom is 0.277 e. The summed E-state index contributed by atoms with van der Waals surface area (Å²) in [7, 11) is 0. The number of hydrogen-bond acceptors (Lipinski definition) is 3. The fourth-order valence-electron chi connectivity index (χ4n) is 3.11. The molecule has 1 aliphatic rings. The molecule has 2 aromatic heterocycles. The molecule has 122 valence electrons. The highest BCUT2D eigenvalue weighted by Gasteiger charge is 2.25. The van der Waals surface area contributed by atoms with Crippen LogP contribution >= 0.6 is 15.9 Å². The van der Waals surface area contributed by atoms with Crippen molar-refractivity contribution in [2.45, 2.75) is 25.7 Å². The van der Waals surface area contributed by atoms with E-state index in [2.05, 4.69) is 36.5 Å². The molecule has 6 nitrogen and oxygen atoms in total. The number of H-pyrrole nitrogens is 1. The van der Waals surface area contributed by atoms with Crippen LogP contribution in [-0.4, -0.2) is 25.9 Å². The highest BCUT2D eigenvalue weighted by molar-refractivity contribution is 9.10. The fourth-order valence-corrected chi connectivity index (χ4v) is 3.50. The smallest absolute Gasteiger partial charge is 0.277 e. The van der Waals surface area contributed by atoms with E-state index in [1.54, 1.807) is 12.3 Å². The van der Waals surface area contributed by atoms with Crippen molar-refractivity contribution < 1.29 is 4.79 Å². The predicted octanol–water partition coefficient (Wildman–Crippen LogP) is 3.49. The number of carbonyl (C=O) groups is 1. The molecule has 3 aromatic rings. The van der Waals surface area contributed by atoms with Crippen LogP contribution in [0.3, 0.4) is 0 Å². The molecule has 24 heavy (non-hydrogen) atoms. The average molecular weight is 386 g/mol. The van der Waals surface area contributed by atoms with Gasteiger partial charge >= 0.3 is 0 Å². The summed E-state index contributed by atoms with van der Waals surface area (Å²) in [5.41, 5.74) is 3.65. The molecule has 0 radical (unpaired) electrons. The second-order valence-electron chi connectivity index (χ2n) is 5.80. The molecule has 0 atom stereocenters. The minimum Gasteiger partial charge on any atom is -0.306 e. The van der Waals surface area contributed by atoms with Crippen molar-refractivity contribution >= 4 is 27.7 Å². The third kappa shape index (κ3) is 2.75. The van der Waals surface area contributed by atoms with Crippen LogP contribution in [0.25, 0.3) is 5.69 Å². The zero-order valence-electron chi connectivity index (χ0n) is 12.9. The van der Waals surface area contributed by atoms with E-state index in [-0.39, 0.29) is 5.91 Å². The lowest BCUT2D eigenvalue weighted by atomic mass is 9.95. The van der Waals surface area contributed by atoms with E-state index >= 15 is 0 Å². The van der Waals surface area contributed by atoms with E-state index in [0.29, 0.717) is 11.5 Å². The normalized spacial score (nSPS) is 13.5. The van der Waals surface area contributed by atoms with Gasteiger partial charge in [-0.25, -0.2) is 4.68 Å². The van der Waals surface area contributed by atoms with Gasteiger partial charge in [0.25, 0.3) is 5.91 Å². The first kappa shape index (κ1) is 15.1. The Hall–Kier alpha value is -2.41. The van der Waals surface area contributed by atoms with Crippen molar-refractivity contribution in [1.29, 1.82) is 0 Å². The van der Waals surface area contributed by atoms with E-state index in [1.165, 1.54) is 0 Å². The van der Waals surface area contributed by atoms with Gasteiger partial charge in [0.2, 0.25) is 0 Å². The molecule has 4 rings (SSSR count). The highest BCUT2D eigenvalue weighted by atomic mass is 79.9.